The first-order valence-electron chi connectivity index (χ1n) is 16.2. The van der Waals surface area contributed by atoms with Gasteiger partial charge in [0.15, 0.2) is 0 Å². The topological polar surface area (TPSA) is 63.2 Å². The summed E-state index contributed by atoms with van der Waals surface area (Å²) in [6, 6.07) is 12.2. The minimum absolute atomic E-state index is 0.135. The molecule has 0 aromatic heterocycles. The van der Waals surface area contributed by atoms with E-state index in [1.54, 1.807) is 36.4 Å². The lowest BCUT2D eigenvalue weighted by atomic mass is 9.76. The van der Waals surface area contributed by atoms with Crippen LogP contribution in [-0.4, -0.2) is 14.2 Å². The van der Waals surface area contributed by atoms with Gasteiger partial charge < -0.3 is 0 Å². The number of carbonyl (C=O) groups excluding carboxylic acids is 1. The number of hydrogen-bond acceptors (Lipinski definition) is 3. The molecule has 0 unspecified atom stereocenters. The minimum Gasteiger partial charge on any atom is -0.299 e. The van der Waals surface area contributed by atoms with Crippen molar-refractivity contribution in [3.05, 3.63) is 58.6 Å². The highest BCUT2D eigenvalue weighted by Gasteiger charge is 2.29. The van der Waals surface area contributed by atoms with Crippen LogP contribution >= 0.6 is 11.6 Å². The van der Waals surface area contributed by atoms with Crippen molar-refractivity contribution in [3.8, 4) is 0 Å². The number of anilines is 1. The van der Waals surface area contributed by atoms with E-state index in [9.17, 15) is 13.2 Å². The molecule has 6 heteroatoms. The monoisotopic (exact) mass is 601 g/mol. The van der Waals surface area contributed by atoms with Gasteiger partial charge in [0.2, 0.25) is 0 Å². The summed E-state index contributed by atoms with van der Waals surface area (Å²) in [5, 5.41) is 0.596. The Balaban J connectivity index is 1.36. The van der Waals surface area contributed by atoms with Gasteiger partial charge in [0.1, 0.15) is 5.78 Å². The van der Waals surface area contributed by atoms with E-state index in [2.05, 4.69) is 11.6 Å². The molecule has 41 heavy (non-hydrogen) atoms. The number of rotatable bonds is 19. The van der Waals surface area contributed by atoms with Crippen molar-refractivity contribution in [2.45, 2.75) is 140 Å². The second-order valence-electron chi connectivity index (χ2n) is 12.2. The fraction of sp³-hybridized carbons (Fsp3) is 0.629. The van der Waals surface area contributed by atoms with Crippen molar-refractivity contribution in [3.63, 3.8) is 0 Å². The summed E-state index contributed by atoms with van der Waals surface area (Å²) in [6.07, 6.45) is 21.2. The standard InChI is InChI=1S/C35H52ClNO3S/c1-3-4-5-6-7-8-9-10-11-12-13-14-15-16-35(38)30-21-19-29(20-22-30)33-27-31(36)23-26-34(33)37-41(39,40)32-24-17-28(2)18-25-32/h17-18,23-27,29-30,37H,3-16,19-22H2,1-2H3. The average molecular weight is 602 g/mol. The largest absolute Gasteiger partial charge is 0.299 e. The molecule has 0 bridgehead atoms. The van der Waals surface area contributed by atoms with E-state index >= 15 is 0 Å². The number of halogens is 1. The van der Waals surface area contributed by atoms with Gasteiger partial charge >= 0.3 is 0 Å². The molecule has 0 radical (unpaired) electrons. The summed E-state index contributed by atoms with van der Waals surface area (Å²) < 4.78 is 28.9. The molecule has 4 nitrogen and oxygen atoms in total. The number of hydrogen-bond donors (Lipinski definition) is 1. The van der Waals surface area contributed by atoms with Crippen molar-refractivity contribution in [1.82, 2.24) is 0 Å². The second-order valence-corrected chi connectivity index (χ2v) is 14.3. The van der Waals surface area contributed by atoms with Gasteiger partial charge in [-0.1, -0.05) is 113 Å². The maximum atomic E-state index is 13.1. The lowest BCUT2D eigenvalue weighted by Gasteiger charge is -2.29. The minimum atomic E-state index is -3.70. The number of sulfonamides is 1. The zero-order chi connectivity index (χ0) is 29.5. The maximum Gasteiger partial charge on any atom is 0.261 e. The Labute approximate surface area is 255 Å². The molecule has 0 atom stereocenters. The average Bonchev–Trinajstić information content (AvgIpc) is 2.96. The van der Waals surface area contributed by atoms with Crippen LogP contribution < -0.4 is 4.72 Å². The molecule has 228 valence electrons. The predicted octanol–water partition coefficient (Wildman–Crippen LogP) is 10.8. The molecule has 1 aliphatic carbocycles. The Morgan fingerprint density at radius 1 is 0.780 bits per heavy atom. The van der Waals surface area contributed by atoms with Gasteiger partial charge in [-0.3, -0.25) is 9.52 Å². The number of benzene rings is 2. The van der Waals surface area contributed by atoms with E-state index in [0.717, 1.165) is 49.7 Å². The van der Waals surface area contributed by atoms with Crippen LogP contribution in [0.5, 0.6) is 0 Å². The molecule has 1 aliphatic rings. The third-order valence-corrected chi connectivity index (χ3v) is 10.4. The Morgan fingerprint density at radius 3 is 1.88 bits per heavy atom. The van der Waals surface area contributed by atoms with Gasteiger partial charge in [0.25, 0.3) is 10.0 Å². The van der Waals surface area contributed by atoms with Crippen molar-refractivity contribution >= 4 is 33.1 Å². The number of carbonyl (C=O) groups is 1. The highest BCUT2D eigenvalue weighted by Crippen LogP contribution is 2.41. The Bertz CT molecular complexity index is 1150. The van der Waals surface area contributed by atoms with Gasteiger partial charge in [-0.2, -0.15) is 0 Å². The predicted molar refractivity (Wildman–Crippen MR) is 173 cm³/mol. The fourth-order valence-electron chi connectivity index (χ4n) is 6.13. The summed E-state index contributed by atoms with van der Waals surface area (Å²) in [6.45, 7) is 4.20. The van der Waals surface area contributed by atoms with Gasteiger partial charge in [0, 0.05) is 17.4 Å². The van der Waals surface area contributed by atoms with Crippen LogP contribution in [0.1, 0.15) is 140 Å². The summed E-state index contributed by atoms with van der Waals surface area (Å²) in [5.74, 6) is 0.734. The van der Waals surface area contributed by atoms with E-state index in [0.29, 0.717) is 22.9 Å². The van der Waals surface area contributed by atoms with Crippen LogP contribution in [0, 0.1) is 12.8 Å². The first-order chi connectivity index (χ1) is 19.8. The third-order valence-electron chi connectivity index (χ3n) is 8.74. The van der Waals surface area contributed by atoms with Gasteiger partial charge in [-0.25, -0.2) is 8.42 Å². The SMILES string of the molecule is CCCCCCCCCCCCCCCC(=O)C1CCC(c2cc(Cl)ccc2NS(=O)(=O)c2ccc(C)cc2)CC1. The van der Waals surface area contributed by atoms with Crippen LogP contribution in [0.4, 0.5) is 5.69 Å². The molecular weight excluding hydrogens is 550 g/mol. The van der Waals surface area contributed by atoms with E-state index in [-0.39, 0.29) is 16.7 Å². The van der Waals surface area contributed by atoms with Crippen LogP contribution in [0.15, 0.2) is 47.4 Å². The molecular formula is C35H52ClNO3S. The molecule has 0 heterocycles. The Hall–Kier alpha value is -1.85. The molecule has 1 N–H and O–H groups in total. The van der Waals surface area contributed by atoms with E-state index < -0.39 is 10.0 Å². The van der Waals surface area contributed by atoms with Gasteiger partial charge in [-0.05, 0) is 80.8 Å². The first-order valence-corrected chi connectivity index (χ1v) is 18.1. The summed E-state index contributed by atoms with van der Waals surface area (Å²) >= 11 is 6.34. The van der Waals surface area contributed by atoms with Crippen LogP contribution in [-0.2, 0) is 14.8 Å². The molecule has 2 aromatic carbocycles. The zero-order valence-electron chi connectivity index (χ0n) is 25.4. The molecule has 0 spiro atoms. The number of aryl methyl sites for hydroxylation is 1. The molecule has 0 saturated heterocycles. The molecule has 0 amide bonds. The number of ketones is 1. The lowest BCUT2D eigenvalue weighted by molar-refractivity contribution is -0.124. The maximum absolute atomic E-state index is 13.1. The number of unbranched alkanes of at least 4 members (excludes halogenated alkanes) is 12. The third kappa shape index (κ3) is 11.7. The Morgan fingerprint density at radius 2 is 1.32 bits per heavy atom. The number of Topliss-reactive ketones (excluding diaryl/α,β-unsaturated/α-hetero) is 1. The van der Waals surface area contributed by atoms with Crippen LogP contribution in [0.2, 0.25) is 5.02 Å². The van der Waals surface area contributed by atoms with E-state index in [1.165, 1.54) is 70.6 Å². The zero-order valence-corrected chi connectivity index (χ0v) is 27.0. The molecule has 3 rings (SSSR count). The molecule has 2 aromatic rings. The smallest absolute Gasteiger partial charge is 0.261 e. The number of nitrogens with one attached hydrogen (secondary N) is 1. The molecule has 1 saturated carbocycles. The molecule has 1 fully saturated rings. The molecule has 0 aliphatic heterocycles. The van der Waals surface area contributed by atoms with Crippen molar-refractivity contribution in [1.29, 1.82) is 0 Å². The summed E-state index contributed by atoms with van der Waals surface area (Å²) in [5.41, 5.74) is 2.52. The van der Waals surface area contributed by atoms with Crippen molar-refractivity contribution < 1.29 is 13.2 Å². The summed E-state index contributed by atoms with van der Waals surface area (Å²) in [7, 11) is -3.70. The Kier molecular flexibility index (Phi) is 14.7. The highest BCUT2D eigenvalue weighted by atomic mass is 35.5. The van der Waals surface area contributed by atoms with Gasteiger partial charge in [0.05, 0.1) is 10.6 Å². The van der Waals surface area contributed by atoms with Gasteiger partial charge in [-0.15, -0.1) is 0 Å². The van der Waals surface area contributed by atoms with E-state index in [4.69, 9.17) is 11.6 Å². The first kappa shape index (κ1) is 33.6. The van der Waals surface area contributed by atoms with E-state index in [1.807, 2.05) is 13.0 Å². The van der Waals surface area contributed by atoms with Crippen molar-refractivity contribution in [2.75, 3.05) is 4.72 Å². The van der Waals surface area contributed by atoms with Crippen LogP contribution in [0.3, 0.4) is 0 Å². The second kappa shape index (κ2) is 18.0. The quantitative estimate of drug-likeness (QED) is 0.163. The van der Waals surface area contributed by atoms with Crippen LogP contribution in [0.25, 0.3) is 0 Å². The van der Waals surface area contributed by atoms with Crippen molar-refractivity contribution in [2.24, 2.45) is 5.92 Å². The fourth-order valence-corrected chi connectivity index (χ4v) is 7.40. The highest BCUT2D eigenvalue weighted by molar-refractivity contribution is 7.92. The normalized spacial score (nSPS) is 17.4. The summed E-state index contributed by atoms with van der Waals surface area (Å²) in [4.78, 5) is 13.2. The lowest BCUT2D eigenvalue weighted by Crippen LogP contribution is -2.22.